The first-order valence-electron chi connectivity index (χ1n) is 9.69. The number of carbonyl (C=O) groups excluding carboxylic acids is 2. The summed E-state index contributed by atoms with van der Waals surface area (Å²) in [6.45, 7) is 9.82. The smallest absolute Gasteiger partial charge is 0.341 e. The average Bonchev–Trinajstić information content (AvgIpc) is 2.98. The summed E-state index contributed by atoms with van der Waals surface area (Å²) < 4.78 is 11.1. The molecule has 2 aliphatic rings. The van der Waals surface area contributed by atoms with E-state index < -0.39 is 5.97 Å². The van der Waals surface area contributed by atoms with E-state index in [1.54, 1.807) is 11.8 Å². The van der Waals surface area contributed by atoms with Gasteiger partial charge in [-0.05, 0) is 26.3 Å². The maximum absolute atomic E-state index is 12.8. The highest BCUT2D eigenvalue weighted by Gasteiger charge is 2.35. The van der Waals surface area contributed by atoms with E-state index in [4.69, 9.17) is 14.6 Å². The number of nitrogens with one attached hydrogen (secondary N) is 1. The minimum absolute atomic E-state index is 0.119. The summed E-state index contributed by atoms with van der Waals surface area (Å²) in [5, 5.41) is 12.5. The fraction of sp³-hybridized carbons (Fsp3) is 0.684. The van der Waals surface area contributed by atoms with Gasteiger partial charge < -0.3 is 19.5 Å². The first-order chi connectivity index (χ1) is 13.3. The lowest BCUT2D eigenvalue weighted by atomic mass is 9.93. The Morgan fingerprint density at radius 3 is 2.64 bits per heavy atom. The van der Waals surface area contributed by atoms with Crippen LogP contribution in [-0.4, -0.2) is 78.4 Å². The number of β-amino-alcohol motifs (C(OH)–C–C–N with tert-alkyl or cyclic N) is 1. The van der Waals surface area contributed by atoms with Gasteiger partial charge in [-0.1, -0.05) is 0 Å². The predicted octanol–water partition coefficient (Wildman–Crippen LogP) is 1.92. The van der Waals surface area contributed by atoms with E-state index in [9.17, 15) is 9.59 Å². The molecule has 0 unspecified atom stereocenters. The van der Waals surface area contributed by atoms with Gasteiger partial charge in [0.05, 0.1) is 31.0 Å². The molecule has 0 aromatic carbocycles. The van der Waals surface area contributed by atoms with E-state index >= 15 is 0 Å². The lowest BCUT2D eigenvalue weighted by Crippen LogP contribution is -2.50. The fourth-order valence-corrected chi connectivity index (χ4v) is 4.66. The molecule has 3 heterocycles. The Bertz CT molecular complexity index is 725. The fourth-order valence-electron chi connectivity index (χ4n) is 3.55. The second-order valence-electron chi connectivity index (χ2n) is 7.64. The molecule has 1 fully saturated rings. The number of thiophene rings is 1. The second kappa shape index (κ2) is 8.77. The van der Waals surface area contributed by atoms with Crippen molar-refractivity contribution in [2.45, 2.75) is 39.4 Å². The molecule has 8 nitrogen and oxygen atoms in total. The number of urea groups is 1. The summed E-state index contributed by atoms with van der Waals surface area (Å²) in [4.78, 5) is 30.2. The number of rotatable bonds is 5. The number of hydrogen-bond donors (Lipinski definition) is 2. The molecule has 1 saturated heterocycles. The largest absolute Gasteiger partial charge is 0.462 e. The molecule has 1 aromatic heterocycles. The molecule has 2 N–H and O–H groups in total. The van der Waals surface area contributed by atoms with E-state index in [0.717, 1.165) is 23.5 Å². The summed E-state index contributed by atoms with van der Waals surface area (Å²) in [5.74, 6) is -0.402. The highest BCUT2D eigenvalue weighted by Crippen LogP contribution is 2.41. The molecule has 0 atom stereocenters. The van der Waals surface area contributed by atoms with Crippen LogP contribution in [0.3, 0.4) is 0 Å². The zero-order chi connectivity index (χ0) is 20.3. The summed E-state index contributed by atoms with van der Waals surface area (Å²) in [6, 6.07) is -0.215. The van der Waals surface area contributed by atoms with Gasteiger partial charge in [0.2, 0.25) is 0 Å². The van der Waals surface area contributed by atoms with Crippen LogP contribution in [0, 0.1) is 0 Å². The Balaban J connectivity index is 1.77. The van der Waals surface area contributed by atoms with E-state index in [2.05, 4.69) is 10.2 Å². The number of hydrogen-bond acceptors (Lipinski definition) is 7. The Morgan fingerprint density at radius 2 is 2.00 bits per heavy atom. The molecule has 2 aliphatic heterocycles. The van der Waals surface area contributed by atoms with Crippen molar-refractivity contribution in [1.82, 2.24) is 9.80 Å². The van der Waals surface area contributed by atoms with E-state index in [0.29, 0.717) is 43.2 Å². The molecular weight excluding hydrogens is 382 g/mol. The quantitative estimate of drug-likeness (QED) is 0.720. The van der Waals surface area contributed by atoms with Crippen molar-refractivity contribution >= 4 is 28.3 Å². The number of ether oxygens (including phenoxy) is 2. The van der Waals surface area contributed by atoms with Crippen molar-refractivity contribution in [2.24, 2.45) is 0 Å². The molecule has 28 heavy (non-hydrogen) atoms. The lowest BCUT2D eigenvalue weighted by molar-refractivity contribution is -0.0384. The van der Waals surface area contributed by atoms with E-state index in [1.165, 1.54) is 11.3 Å². The zero-order valence-electron chi connectivity index (χ0n) is 16.7. The third-order valence-corrected chi connectivity index (χ3v) is 6.18. The number of aliphatic hydroxyl groups is 1. The molecule has 0 aliphatic carbocycles. The summed E-state index contributed by atoms with van der Waals surface area (Å²) >= 11 is 1.39. The van der Waals surface area contributed by atoms with Gasteiger partial charge in [0.15, 0.2) is 0 Å². The van der Waals surface area contributed by atoms with Gasteiger partial charge in [0, 0.05) is 44.0 Å². The van der Waals surface area contributed by atoms with Crippen LogP contribution in [0.15, 0.2) is 0 Å². The van der Waals surface area contributed by atoms with Crippen molar-refractivity contribution in [1.29, 1.82) is 0 Å². The van der Waals surface area contributed by atoms with Crippen LogP contribution in [0.2, 0.25) is 0 Å². The molecule has 9 heteroatoms. The van der Waals surface area contributed by atoms with Crippen LogP contribution in [-0.2, 0) is 22.5 Å². The monoisotopic (exact) mass is 411 g/mol. The molecule has 0 spiro atoms. The van der Waals surface area contributed by atoms with Gasteiger partial charge in [-0.25, -0.2) is 9.59 Å². The van der Waals surface area contributed by atoms with E-state index in [-0.39, 0.29) is 24.8 Å². The number of amides is 2. The summed E-state index contributed by atoms with van der Waals surface area (Å²) in [6.07, 6.45) is 0.600. The van der Waals surface area contributed by atoms with Gasteiger partial charge in [-0.3, -0.25) is 10.2 Å². The molecule has 3 rings (SSSR count). The van der Waals surface area contributed by atoms with Crippen molar-refractivity contribution in [3.05, 3.63) is 16.0 Å². The van der Waals surface area contributed by atoms with Crippen LogP contribution >= 0.6 is 11.3 Å². The van der Waals surface area contributed by atoms with Crippen LogP contribution in [0.25, 0.3) is 0 Å². The molecule has 0 radical (unpaired) electrons. The lowest BCUT2D eigenvalue weighted by Gasteiger charge is -2.34. The minimum atomic E-state index is -0.402. The van der Waals surface area contributed by atoms with Gasteiger partial charge in [-0.15, -0.1) is 11.3 Å². The van der Waals surface area contributed by atoms with E-state index in [1.807, 2.05) is 13.8 Å². The Hall–Kier alpha value is -1.68. The van der Waals surface area contributed by atoms with Gasteiger partial charge in [-0.2, -0.15) is 0 Å². The van der Waals surface area contributed by atoms with Crippen molar-refractivity contribution in [3.63, 3.8) is 0 Å². The zero-order valence-corrected chi connectivity index (χ0v) is 17.6. The standard InChI is InChI=1S/C19H29N3O5S/c1-4-26-17(24)15-13-11-19(2,3)27-12-14(13)28-16(15)20-18(25)22-7-5-21(6-8-22)9-10-23/h23H,4-12H2,1-3H3,(H,20,25). The van der Waals surface area contributed by atoms with Crippen LogP contribution < -0.4 is 5.32 Å². The number of nitrogens with zero attached hydrogens (tertiary/aromatic N) is 2. The van der Waals surface area contributed by atoms with Crippen LogP contribution in [0.4, 0.5) is 9.80 Å². The van der Waals surface area contributed by atoms with Gasteiger partial charge in [0.1, 0.15) is 5.00 Å². The maximum atomic E-state index is 12.8. The highest BCUT2D eigenvalue weighted by molar-refractivity contribution is 7.17. The predicted molar refractivity (Wildman–Crippen MR) is 107 cm³/mol. The molecule has 0 saturated carbocycles. The first kappa shape index (κ1) is 21.0. The van der Waals surface area contributed by atoms with Gasteiger partial charge >= 0.3 is 12.0 Å². The summed E-state index contributed by atoms with van der Waals surface area (Å²) in [7, 11) is 0. The Labute approximate surface area is 169 Å². The van der Waals surface area contributed by atoms with Crippen molar-refractivity contribution in [2.75, 3.05) is 51.3 Å². The maximum Gasteiger partial charge on any atom is 0.341 e. The number of piperazine rings is 1. The molecular formula is C19H29N3O5S. The SMILES string of the molecule is CCOC(=O)c1c(NC(=O)N2CCN(CCO)CC2)sc2c1CC(C)(C)OC2. The van der Waals surface area contributed by atoms with Crippen LogP contribution in [0.5, 0.6) is 0 Å². The van der Waals surface area contributed by atoms with Crippen molar-refractivity contribution < 1.29 is 24.2 Å². The van der Waals surface area contributed by atoms with Gasteiger partial charge in [0.25, 0.3) is 0 Å². The number of fused-ring (bicyclic) bond motifs is 1. The second-order valence-corrected chi connectivity index (χ2v) is 8.74. The first-order valence-corrected chi connectivity index (χ1v) is 10.5. The topological polar surface area (TPSA) is 91.3 Å². The Morgan fingerprint density at radius 1 is 1.29 bits per heavy atom. The average molecular weight is 412 g/mol. The molecule has 2 amide bonds. The molecule has 0 bridgehead atoms. The Kier molecular flexibility index (Phi) is 6.59. The number of aliphatic hydroxyl groups excluding tert-OH is 1. The normalized spacial score (nSPS) is 19.2. The highest BCUT2D eigenvalue weighted by atomic mass is 32.1. The number of esters is 1. The van der Waals surface area contributed by atoms with Crippen LogP contribution in [0.1, 0.15) is 41.6 Å². The third kappa shape index (κ3) is 4.65. The minimum Gasteiger partial charge on any atom is -0.462 e. The number of carbonyl (C=O) groups is 2. The molecule has 1 aromatic rings. The third-order valence-electron chi connectivity index (χ3n) is 5.06. The molecule has 156 valence electrons. The number of anilines is 1. The summed E-state index contributed by atoms with van der Waals surface area (Å²) in [5.41, 5.74) is 1.02. The van der Waals surface area contributed by atoms with Crippen molar-refractivity contribution in [3.8, 4) is 0 Å².